The highest BCUT2D eigenvalue weighted by molar-refractivity contribution is 7.89. The predicted molar refractivity (Wildman–Crippen MR) is 97.5 cm³/mol. The molecule has 140 valence electrons. The second kappa shape index (κ2) is 9.20. The van der Waals surface area contributed by atoms with Gasteiger partial charge in [-0.25, -0.2) is 13.1 Å². The summed E-state index contributed by atoms with van der Waals surface area (Å²) in [4.78, 5) is 14.7. The third-order valence-corrected chi connectivity index (χ3v) is 5.89. The standard InChI is InChI=1S/C18H28N2O4S/c1-3-4-6-11-19-25(22,23)15-9-10-17(24-2)16(14-15)18(21)20-12-7-5-8-13-20/h9-10,14,19H,3-8,11-13H2,1-2H3. The summed E-state index contributed by atoms with van der Waals surface area (Å²) in [5.74, 6) is 0.236. The van der Waals surface area contributed by atoms with E-state index in [1.165, 1.54) is 19.2 Å². The molecular formula is C18H28N2O4S. The zero-order valence-corrected chi connectivity index (χ0v) is 15.9. The minimum absolute atomic E-state index is 0.102. The van der Waals surface area contributed by atoms with Crippen LogP contribution in [0.2, 0.25) is 0 Å². The molecule has 0 radical (unpaired) electrons. The van der Waals surface area contributed by atoms with Crippen molar-refractivity contribution in [2.75, 3.05) is 26.7 Å². The highest BCUT2D eigenvalue weighted by Gasteiger charge is 2.24. The van der Waals surface area contributed by atoms with Crippen LogP contribution in [0.4, 0.5) is 0 Å². The van der Waals surface area contributed by atoms with Gasteiger partial charge in [0.1, 0.15) is 5.75 Å². The molecular weight excluding hydrogens is 340 g/mol. The topological polar surface area (TPSA) is 75.7 Å². The van der Waals surface area contributed by atoms with Crippen LogP contribution in [-0.4, -0.2) is 46.0 Å². The van der Waals surface area contributed by atoms with E-state index >= 15 is 0 Å². The van der Waals surface area contributed by atoms with Crippen molar-refractivity contribution < 1.29 is 17.9 Å². The number of likely N-dealkylation sites (tertiary alicyclic amines) is 1. The highest BCUT2D eigenvalue weighted by Crippen LogP contribution is 2.25. The van der Waals surface area contributed by atoms with E-state index in [9.17, 15) is 13.2 Å². The van der Waals surface area contributed by atoms with Crippen LogP contribution in [0.1, 0.15) is 55.8 Å². The van der Waals surface area contributed by atoms with E-state index in [0.717, 1.165) is 38.5 Å². The van der Waals surface area contributed by atoms with Gasteiger partial charge in [-0.3, -0.25) is 4.79 Å². The molecule has 1 aliphatic rings. The maximum Gasteiger partial charge on any atom is 0.257 e. The molecule has 0 unspecified atom stereocenters. The van der Waals surface area contributed by atoms with Gasteiger partial charge >= 0.3 is 0 Å². The fourth-order valence-electron chi connectivity index (χ4n) is 2.95. The number of carbonyl (C=O) groups is 1. The number of unbranched alkanes of at least 4 members (excludes halogenated alkanes) is 2. The zero-order chi connectivity index (χ0) is 18.3. The summed E-state index contributed by atoms with van der Waals surface area (Å²) < 4.78 is 32.8. The molecule has 1 aliphatic heterocycles. The second-order valence-electron chi connectivity index (χ2n) is 6.32. The van der Waals surface area contributed by atoms with Crippen LogP contribution < -0.4 is 9.46 Å². The van der Waals surface area contributed by atoms with Gasteiger partial charge < -0.3 is 9.64 Å². The highest BCUT2D eigenvalue weighted by atomic mass is 32.2. The molecule has 1 heterocycles. The fraction of sp³-hybridized carbons (Fsp3) is 0.611. The summed E-state index contributed by atoms with van der Waals surface area (Å²) >= 11 is 0. The summed E-state index contributed by atoms with van der Waals surface area (Å²) in [5, 5.41) is 0. The number of methoxy groups -OCH3 is 1. The van der Waals surface area contributed by atoms with Crippen molar-refractivity contribution in [3.05, 3.63) is 23.8 Å². The number of sulfonamides is 1. The summed E-state index contributed by atoms with van der Waals surface area (Å²) in [5.41, 5.74) is 0.306. The molecule has 25 heavy (non-hydrogen) atoms. The van der Waals surface area contributed by atoms with E-state index in [2.05, 4.69) is 11.6 Å². The minimum atomic E-state index is -3.63. The van der Waals surface area contributed by atoms with Crippen molar-refractivity contribution in [2.24, 2.45) is 0 Å². The first-order valence-electron chi connectivity index (χ1n) is 8.96. The SMILES string of the molecule is CCCCCNS(=O)(=O)c1ccc(OC)c(C(=O)N2CCCCC2)c1. The van der Waals surface area contributed by atoms with Crippen molar-refractivity contribution >= 4 is 15.9 Å². The molecule has 0 spiro atoms. The van der Waals surface area contributed by atoms with Crippen LogP contribution in [0.25, 0.3) is 0 Å². The summed E-state index contributed by atoms with van der Waals surface area (Å²) in [7, 11) is -2.14. The van der Waals surface area contributed by atoms with Gasteiger partial charge in [-0.05, 0) is 43.9 Å². The van der Waals surface area contributed by atoms with Crippen molar-refractivity contribution in [3.8, 4) is 5.75 Å². The normalized spacial score (nSPS) is 15.2. The molecule has 0 atom stereocenters. The van der Waals surface area contributed by atoms with Gasteiger partial charge in [0.15, 0.2) is 0 Å². The predicted octanol–water partition coefficient (Wildman–Crippen LogP) is 2.79. The van der Waals surface area contributed by atoms with Gasteiger partial charge in [-0.1, -0.05) is 19.8 Å². The molecule has 1 saturated heterocycles. The molecule has 0 aliphatic carbocycles. The van der Waals surface area contributed by atoms with E-state index in [4.69, 9.17) is 4.74 Å². The third-order valence-electron chi connectivity index (χ3n) is 4.43. The minimum Gasteiger partial charge on any atom is -0.496 e. The number of nitrogens with one attached hydrogen (secondary N) is 1. The molecule has 7 heteroatoms. The van der Waals surface area contributed by atoms with Crippen LogP contribution >= 0.6 is 0 Å². The van der Waals surface area contributed by atoms with E-state index in [-0.39, 0.29) is 10.8 Å². The molecule has 6 nitrogen and oxygen atoms in total. The van der Waals surface area contributed by atoms with E-state index in [0.29, 0.717) is 30.9 Å². The van der Waals surface area contributed by atoms with Gasteiger partial charge in [-0.2, -0.15) is 0 Å². The van der Waals surface area contributed by atoms with Gasteiger partial charge in [0.05, 0.1) is 17.6 Å². The van der Waals surface area contributed by atoms with E-state index in [1.54, 1.807) is 11.0 Å². The Kier molecular flexibility index (Phi) is 7.25. The van der Waals surface area contributed by atoms with Gasteiger partial charge in [0, 0.05) is 19.6 Å². The number of ether oxygens (including phenoxy) is 1. The quantitative estimate of drug-likeness (QED) is 0.716. The Bertz CT molecular complexity index is 682. The molecule has 0 aromatic heterocycles. The Hall–Kier alpha value is -1.60. The number of hydrogen-bond donors (Lipinski definition) is 1. The number of amides is 1. The molecule has 0 saturated carbocycles. The number of rotatable bonds is 8. The fourth-order valence-corrected chi connectivity index (χ4v) is 4.05. The maximum absolute atomic E-state index is 12.8. The Morgan fingerprint density at radius 2 is 1.92 bits per heavy atom. The molecule has 1 amide bonds. The van der Waals surface area contributed by atoms with Crippen LogP contribution in [0.3, 0.4) is 0 Å². The van der Waals surface area contributed by atoms with Crippen LogP contribution in [0.5, 0.6) is 5.75 Å². The van der Waals surface area contributed by atoms with Gasteiger partial charge in [-0.15, -0.1) is 0 Å². The lowest BCUT2D eigenvalue weighted by Crippen LogP contribution is -2.36. The van der Waals surface area contributed by atoms with Crippen molar-refractivity contribution in [2.45, 2.75) is 50.3 Å². The van der Waals surface area contributed by atoms with Crippen LogP contribution in [0.15, 0.2) is 23.1 Å². The Labute approximate surface area is 150 Å². The maximum atomic E-state index is 12.8. The number of benzene rings is 1. The van der Waals surface area contributed by atoms with Gasteiger partial charge in [0.25, 0.3) is 5.91 Å². The van der Waals surface area contributed by atoms with Crippen LogP contribution in [-0.2, 0) is 10.0 Å². The number of carbonyl (C=O) groups excluding carboxylic acids is 1. The molecule has 1 N–H and O–H groups in total. The largest absolute Gasteiger partial charge is 0.496 e. The van der Waals surface area contributed by atoms with Crippen molar-refractivity contribution in [1.82, 2.24) is 9.62 Å². The second-order valence-corrected chi connectivity index (χ2v) is 8.09. The van der Waals surface area contributed by atoms with Crippen molar-refractivity contribution in [1.29, 1.82) is 0 Å². The van der Waals surface area contributed by atoms with Crippen molar-refractivity contribution in [3.63, 3.8) is 0 Å². The lowest BCUT2D eigenvalue weighted by atomic mass is 10.1. The van der Waals surface area contributed by atoms with Gasteiger partial charge in [0.2, 0.25) is 10.0 Å². The third kappa shape index (κ3) is 5.19. The molecule has 0 bridgehead atoms. The number of piperidine rings is 1. The lowest BCUT2D eigenvalue weighted by molar-refractivity contribution is 0.0720. The van der Waals surface area contributed by atoms with E-state index in [1.807, 2.05) is 0 Å². The first kappa shape index (κ1) is 19.7. The molecule has 2 rings (SSSR count). The monoisotopic (exact) mass is 368 g/mol. The Morgan fingerprint density at radius 1 is 1.20 bits per heavy atom. The summed E-state index contributed by atoms with van der Waals surface area (Å²) in [6.45, 7) is 3.87. The smallest absolute Gasteiger partial charge is 0.257 e. The molecule has 1 aromatic carbocycles. The first-order valence-corrected chi connectivity index (χ1v) is 10.4. The molecule has 1 fully saturated rings. The Morgan fingerprint density at radius 3 is 2.56 bits per heavy atom. The first-order chi connectivity index (χ1) is 12.0. The molecule has 1 aromatic rings. The summed E-state index contributed by atoms with van der Waals surface area (Å²) in [6, 6.07) is 4.46. The van der Waals surface area contributed by atoms with E-state index < -0.39 is 10.0 Å². The number of hydrogen-bond acceptors (Lipinski definition) is 4. The average molecular weight is 368 g/mol. The number of nitrogens with zero attached hydrogens (tertiary/aromatic N) is 1. The lowest BCUT2D eigenvalue weighted by Gasteiger charge is -2.27. The zero-order valence-electron chi connectivity index (χ0n) is 15.1. The van der Waals surface area contributed by atoms with Crippen LogP contribution in [0, 0.1) is 0 Å². The summed E-state index contributed by atoms with van der Waals surface area (Å²) in [6.07, 6.45) is 5.88. The Balaban J connectivity index is 2.22. The average Bonchev–Trinajstić information content (AvgIpc) is 2.65.